The van der Waals surface area contributed by atoms with Gasteiger partial charge in [-0.3, -0.25) is 10.3 Å². The first-order chi connectivity index (χ1) is 9.90. The van der Waals surface area contributed by atoms with Crippen LogP contribution in [0.2, 0.25) is 0 Å². The maximum Gasteiger partial charge on any atom is 0.244 e. The fourth-order valence-corrected chi connectivity index (χ4v) is 2.34. The largest absolute Gasteiger partial charge is 0.347 e. The monoisotopic (exact) mass is 268 g/mol. The van der Waals surface area contributed by atoms with E-state index in [0.717, 1.165) is 29.9 Å². The van der Waals surface area contributed by atoms with E-state index >= 15 is 0 Å². The second-order valence-electron chi connectivity index (χ2n) is 4.66. The molecule has 0 fully saturated rings. The summed E-state index contributed by atoms with van der Waals surface area (Å²) < 4.78 is 5.37. The number of nitrogens with one attached hydrogen (secondary N) is 2. The van der Waals surface area contributed by atoms with Gasteiger partial charge in [0.15, 0.2) is 0 Å². The van der Waals surface area contributed by atoms with Gasteiger partial charge in [-0.15, -0.1) is 0 Å². The first kappa shape index (κ1) is 11.3. The highest BCUT2D eigenvalue weighted by Crippen LogP contribution is 2.24. The molecular weight excluding hydrogens is 256 g/mol. The van der Waals surface area contributed by atoms with Crippen LogP contribution in [-0.4, -0.2) is 25.1 Å². The predicted octanol–water partition coefficient (Wildman–Crippen LogP) is 1.24. The van der Waals surface area contributed by atoms with Crippen LogP contribution < -0.4 is 5.32 Å². The minimum Gasteiger partial charge on any atom is -0.347 e. The first-order valence-corrected chi connectivity index (χ1v) is 6.38. The molecule has 0 saturated carbocycles. The van der Waals surface area contributed by atoms with Gasteiger partial charge in [0.1, 0.15) is 0 Å². The van der Waals surface area contributed by atoms with Gasteiger partial charge in [-0.1, -0.05) is 5.16 Å². The van der Waals surface area contributed by atoms with E-state index in [1.165, 1.54) is 0 Å². The average molecular weight is 268 g/mol. The van der Waals surface area contributed by atoms with E-state index in [1.54, 1.807) is 18.7 Å². The Morgan fingerprint density at radius 3 is 3.05 bits per heavy atom. The summed E-state index contributed by atoms with van der Waals surface area (Å²) in [6.45, 7) is 0.729. The number of imidazole rings is 1. The van der Waals surface area contributed by atoms with E-state index in [2.05, 4.69) is 30.4 Å². The van der Waals surface area contributed by atoms with Crippen molar-refractivity contribution in [1.82, 2.24) is 30.4 Å². The summed E-state index contributed by atoms with van der Waals surface area (Å²) in [5.41, 5.74) is 3.07. The average Bonchev–Trinajstić information content (AvgIpc) is 3.16. The van der Waals surface area contributed by atoms with Crippen LogP contribution in [0.15, 0.2) is 35.4 Å². The van der Waals surface area contributed by atoms with Gasteiger partial charge in [-0.25, -0.2) is 4.98 Å². The van der Waals surface area contributed by atoms with Gasteiger partial charge in [-0.2, -0.15) is 4.98 Å². The third kappa shape index (κ3) is 1.88. The standard InChI is InChI=1S/C13H12N6O/c1-3-14-4-2-8(1)12-18-13(20-19-12)10-5-9-11(6-15-10)17-7-16-9/h1-4,7,10,15H,5-6H2,(H,16,17)/t10-/m0/s1. The smallest absolute Gasteiger partial charge is 0.244 e. The van der Waals surface area contributed by atoms with Gasteiger partial charge in [0.05, 0.1) is 23.8 Å². The normalized spacial score (nSPS) is 17.9. The quantitative estimate of drug-likeness (QED) is 0.726. The van der Waals surface area contributed by atoms with Crippen molar-refractivity contribution >= 4 is 0 Å². The Hall–Kier alpha value is -2.54. The van der Waals surface area contributed by atoms with E-state index < -0.39 is 0 Å². The molecule has 0 radical (unpaired) electrons. The van der Waals surface area contributed by atoms with E-state index in [0.29, 0.717) is 11.7 Å². The molecule has 4 heterocycles. The van der Waals surface area contributed by atoms with Gasteiger partial charge >= 0.3 is 0 Å². The van der Waals surface area contributed by atoms with Gasteiger partial charge < -0.3 is 9.51 Å². The van der Waals surface area contributed by atoms with Gasteiger partial charge in [-0.05, 0) is 12.1 Å². The first-order valence-electron chi connectivity index (χ1n) is 6.38. The number of H-pyrrole nitrogens is 1. The number of aromatic nitrogens is 5. The molecule has 0 spiro atoms. The van der Waals surface area contributed by atoms with Crippen LogP contribution in [0.3, 0.4) is 0 Å². The molecule has 7 heteroatoms. The zero-order valence-electron chi connectivity index (χ0n) is 10.6. The summed E-state index contributed by atoms with van der Waals surface area (Å²) in [6.07, 6.45) is 5.88. The lowest BCUT2D eigenvalue weighted by atomic mass is 10.1. The molecule has 1 aliphatic rings. The van der Waals surface area contributed by atoms with Crippen molar-refractivity contribution in [1.29, 1.82) is 0 Å². The van der Waals surface area contributed by atoms with E-state index in [-0.39, 0.29) is 6.04 Å². The van der Waals surface area contributed by atoms with Gasteiger partial charge in [0.2, 0.25) is 11.7 Å². The number of nitrogens with zero attached hydrogens (tertiary/aromatic N) is 4. The maximum absolute atomic E-state index is 5.37. The van der Waals surface area contributed by atoms with E-state index in [9.17, 15) is 0 Å². The third-order valence-corrected chi connectivity index (χ3v) is 3.41. The maximum atomic E-state index is 5.37. The summed E-state index contributed by atoms with van der Waals surface area (Å²) >= 11 is 0. The van der Waals surface area contributed by atoms with Crippen LogP contribution in [0, 0.1) is 0 Å². The minimum absolute atomic E-state index is 0.00823. The van der Waals surface area contributed by atoms with Crippen molar-refractivity contribution in [3.05, 3.63) is 48.1 Å². The second kappa shape index (κ2) is 4.53. The van der Waals surface area contributed by atoms with Crippen molar-refractivity contribution in [3.63, 3.8) is 0 Å². The Balaban J connectivity index is 1.60. The number of aromatic amines is 1. The highest BCUT2D eigenvalue weighted by atomic mass is 16.5. The van der Waals surface area contributed by atoms with Crippen molar-refractivity contribution in [3.8, 4) is 11.4 Å². The Kier molecular flexibility index (Phi) is 2.56. The predicted molar refractivity (Wildman–Crippen MR) is 69.4 cm³/mol. The molecule has 4 rings (SSSR count). The molecule has 3 aromatic heterocycles. The molecule has 0 bridgehead atoms. The Bertz CT molecular complexity index is 719. The lowest BCUT2D eigenvalue weighted by molar-refractivity contribution is 0.319. The Morgan fingerprint density at radius 1 is 1.25 bits per heavy atom. The molecule has 100 valence electrons. The lowest BCUT2D eigenvalue weighted by Crippen LogP contribution is -2.28. The summed E-state index contributed by atoms with van der Waals surface area (Å²) in [4.78, 5) is 15.8. The lowest BCUT2D eigenvalue weighted by Gasteiger charge is -2.19. The molecule has 0 aliphatic carbocycles. The highest BCUT2D eigenvalue weighted by Gasteiger charge is 2.26. The molecule has 2 N–H and O–H groups in total. The summed E-state index contributed by atoms with van der Waals surface area (Å²) in [7, 11) is 0. The van der Waals surface area contributed by atoms with E-state index in [1.807, 2.05) is 12.1 Å². The SMILES string of the molecule is c1cc(-c2noc([C@@H]3Cc4nc[nH]c4CN3)n2)ccn1. The number of pyridine rings is 1. The molecule has 3 aromatic rings. The molecule has 1 aliphatic heterocycles. The molecule has 0 amide bonds. The fourth-order valence-electron chi connectivity index (χ4n) is 2.34. The third-order valence-electron chi connectivity index (χ3n) is 3.41. The number of hydrogen-bond donors (Lipinski definition) is 2. The summed E-state index contributed by atoms with van der Waals surface area (Å²) in [5.74, 6) is 1.17. The van der Waals surface area contributed by atoms with Crippen LogP contribution >= 0.6 is 0 Å². The summed E-state index contributed by atoms with van der Waals surface area (Å²) in [6, 6.07) is 3.72. The van der Waals surface area contributed by atoms with Crippen LogP contribution in [0.25, 0.3) is 11.4 Å². The topological polar surface area (TPSA) is 92.5 Å². The Labute approximate surface area is 114 Å². The van der Waals surface area contributed by atoms with Crippen LogP contribution in [0.1, 0.15) is 23.3 Å². The molecular formula is C13H12N6O. The second-order valence-corrected chi connectivity index (χ2v) is 4.66. The molecule has 0 saturated heterocycles. The van der Waals surface area contributed by atoms with Gasteiger partial charge in [0.25, 0.3) is 0 Å². The van der Waals surface area contributed by atoms with Gasteiger partial charge in [0, 0.05) is 30.9 Å². The molecule has 0 aromatic carbocycles. The van der Waals surface area contributed by atoms with E-state index in [4.69, 9.17) is 4.52 Å². The molecule has 1 atom stereocenters. The minimum atomic E-state index is 0.00823. The fraction of sp³-hybridized carbons (Fsp3) is 0.231. The van der Waals surface area contributed by atoms with Crippen LogP contribution in [-0.2, 0) is 13.0 Å². The van der Waals surface area contributed by atoms with Crippen LogP contribution in [0.5, 0.6) is 0 Å². The number of rotatable bonds is 2. The molecule has 0 unspecified atom stereocenters. The zero-order valence-corrected chi connectivity index (χ0v) is 10.6. The molecule has 20 heavy (non-hydrogen) atoms. The molecule has 7 nitrogen and oxygen atoms in total. The van der Waals surface area contributed by atoms with Crippen molar-refractivity contribution in [2.24, 2.45) is 0 Å². The van der Waals surface area contributed by atoms with Crippen molar-refractivity contribution in [2.75, 3.05) is 0 Å². The van der Waals surface area contributed by atoms with Crippen molar-refractivity contribution in [2.45, 2.75) is 19.0 Å². The Morgan fingerprint density at radius 2 is 2.15 bits per heavy atom. The van der Waals surface area contributed by atoms with Crippen LogP contribution in [0.4, 0.5) is 0 Å². The van der Waals surface area contributed by atoms with Crippen molar-refractivity contribution < 1.29 is 4.52 Å². The zero-order chi connectivity index (χ0) is 13.4. The highest BCUT2D eigenvalue weighted by molar-refractivity contribution is 5.52. The number of hydrogen-bond acceptors (Lipinski definition) is 6. The summed E-state index contributed by atoms with van der Waals surface area (Å²) in [5, 5.41) is 7.39. The number of fused-ring (bicyclic) bond motifs is 1.